The summed E-state index contributed by atoms with van der Waals surface area (Å²) in [6.45, 7) is 1.50. The van der Waals surface area contributed by atoms with Gasteiger partial charge in [-0.05, 0) is 31.2 Å². The Morgan fingerprint density at radius 2 is 1.75 bits per heavy atom. The number of nitrogens with zero attached hydrogens (tertiary/aromatic N) is 4. The van der Waals surface area contributed by atoms with Crippen LogP contribution >= 0.6 is 11.8 Å². The quantitative estimate of drug-likeness (QED) is 0.498. The second kappa shape index (κ2) is 9.57. The third-order valence-electron chi connectivity index (χ3n) is 4.46. The fourth-order valence-corrected chi connectivity index (χ4v) is 3.72. The van der Waals surface area contributed by atoms with E-state index < -0.39 is 35.6 Å². The van der Waals surface area contributed by atoms with Crippen LogP contribution in [0.25, 0.3) is 0 Å². The van der Waals surface area contributed by atoms with Gasteiger partial charge in [0.25, 0.3) is 0 Å². The highest BCUT2D eigenvalue weighted by atomic mass is 32.2. The maximum Gasteiger partial charge on any atom is 0.416 e. The van der Waals surface area contributed by atoms with E-state index in [0.717, 1.165) is 40.6 Å². The highest BCUT2D eigenvalue weighted by Crippen LogP contribution is 2.32. The second-order valence-corrected chi connectivity index (χ2v) is 8.22. The Hall–Kier alpha value is -2.48. The summed E-state index contributed by atoms with van der Waals surface area (Å²) in [5, 5.41) is 9.16. The van der Waals surface area contributed by atoms with Crippen LogP contribution in [0.3, 0.4) is 0 Å². The minimum atomic E-state index is -4.54. The number of ether oxygens (including phenoxy) is 1. The minimum absolute atomic E-state index is 0.0310. The first kappa shape index (κ1) is 24.2. The molecule has 1 unspecified atom stereocenters. The number of hydrogen-bond donors (Lipinski definition) is 1. The summed E-state index contributed by atoms with van der Waals surface area (Å²) in [6, 6.07) is 3.84. The molecule has 1 aromatic heterocycles. The summed E-state index contributed by atoms with van der Waals surface area (Å²) >= 11 is 0.770. The van der Waals surface area contributed by atoms with E-state index >= 15 is 0 Å². The first-order chi connectivity index (χ1) is 14.9. The lowest BCUT2D eigenvalue weighted by Gasteiger charge is -2.28. The summed E-state index contributed by atoms with van der Waals surface area (Å²) in [5.74, 6) is -0.576. The summed E-state index contributed by atoms with van der Waals surface area (Å²) in [6.07, 6.45) is -9.04. The van der Waals surface area contributed by atoms with E-state index in [-0.39, 0.29) is 16.8 Å². The smallest absolute Gasteiger partial charge is 0.378 e. The number of nitrogens with one attached hydrogen (secondary N) is 1. The van der Waals surface area contributed by atoms with Crippen molar-refractivity contribution in [2.75, 3.05) is 36.5 Å². The van der Waals surface area contributed by atoms with Gasteiger partial charge in [0.2, 0.25) is 11.9 Å². The third-order valence-corrected chi connectivity index (χ3v) is 5.54. The fraction of sp³-hybridized carbons (Fsp3) is 0.500. The van der Waals surface area contributed by atoms with Crippen LogP contribution < -0.4 is 10.2 Å². The molecule has 1 amide bonds. The Morgan fingerprint density at radius 3 is 2.31 bits per heavy atom. The molecular weight excluding hydrogens is 464 g/mol. The van der Waals surface area contributed by atoms with E-state index in [0.29, 0.717) is 26.3 Å². The molecule has 1 aliphatic rings. The van der Waals surface area contributed by atoms with Gasteiger partial charge in [-0.1, -0.05) is 11.8 Å². The average molecular weight is 483 g/mol. The van der Waals surface area contributed by atoms with Crippen molar-refractivity contribution >= 4 is 29.3 Å². The Bertz CT molecular complexity index is 925. The molecule has 2 aromatic rings. The van der Waals surface area contributed by atoms with E-state index in [1.807, 2.05) is 0 Å². The van der Waals surface area contributed by atoms with E-state index in [1.165, 1.54) is 6.92 Å². The van der Waals surface area contributed by atoms with Crippen LogP contribution in [0.15, 0.2) is 29.4 Å². The van der Waals surface area contributed by atoms with Crippen molar-refractivity contribution in [1.82, 2.24) is 14.8 Å². The van der Waals surface area contributed by atoms with Gasteiger partial charge in [0.1, 0.15) is 6.54 Å². The Kier molecular flexibility index (Phi) is 7.22. The van der Waals surface area contributed by atoms with Crippen LogP contribution in [-0.2, 0) is 22.3 Å². The number of amides is 1. The van der Waals surface area contributed by atoms with E-state index in [9.17, 15) is 31.1 Å². The topological polar surface area (TPSA) is 72.3 Å². The number of anilines is 2. The molecule has 0 bridgehead atoms. The molecule has 0 radical (unpaired) electrons. The van der Waals surface area contributed by atoms with Crippen LogP contribution in [0.4, 0.5) is 38.0 Å². The number of halogens is 6. The van der Waals surface area contributed by atoms with Crippen LogP contribution in [0.1, 0.15) is 12.5 Å². The molecule has 1 fully saturated rings. The predicted molar refractivity (Wildman–Crippen MR) is 105 cm³/mol. The Labute approximate surface area is 183 Å². The molecule has 2 heterocycles. The van der Waals surface area contributed by atoms with Gasteiger partial charge in [0, 0.05) is 18.8 Å². The molecule has 176 valence electrons. The van der Waals surface area contributed by atoms with Crippen LogP contribution in [0.5, 0.6) is 0 Å². The van der Waals surface area contributed by atoms with Crippen LogP contribution in [-0.4, -0.2) is 58.4 Å². The number of aromatic nitrogens is 3. The molecule has 32 heavy (non-hydrogen) atoms. The van der Waals surface area contributed by atoms with Gasteiger partial charge in [0.05, 0.1) is 24.0 Å². The van der Waals surface area contributed by atoms with Gasteiger partial charge in [0.15, 0.2) is 5.16 Å². The van der Waals surface area contributed by atoms with Gasteiger partial charge >= 0.3 is 12.4 Å². The van der Waals surface area contributed by atoms with Gasteiger partial charge in [-0.3, -0.25) is 9.36 Å². The molecule has 0 spiro atoms. The van der Waals surface area contributed by atoms with Crippen molar-refractivity contribution in [2.24, 2.45) is 0 Å². The van der Waals surface area contributed by atoms with Crippen molar-refractivity contribution in [3.63, 3.8) is 0 Å². The zero-order valence-electron chi connectivity index (χ0n) is 16.7. The number of carbonyl (C=O) groups is 1. The average Bonchev–Trinajstić information content (AvgIpc) is 3.08. The number of carbonyl (C=O) groups excluding carboxylic acids is 1. The Morgan fingerprint density at radius 1 is 1.12 bits per heavy atom. The summed E-state index contributed by atoms with van der Waals surface area (Å²) < 4.78 is 83.5. The number of benzene rings is 1. The van der Waals surface area contributed by atoms with Gasteiger partial charge in [-0.15, -0.1) is 10.2 Å². The van der Waals surface area contributed by atoms with Crippen molar-refractivity contribution in [2.45, 2.75) is 36.2 Å². The molecule has 1 N–H and O–H groups in total. The molecule has 1 aromatic carbocycles. The monoisotopic (exact) mass is 483 g/mol. The summed E-state index contributed by atoms with van der Waals surface area (Å²) in [7, 11) is 0. The van der Waals surface area contributed by atoms with E-state index in [1.54, 1.807) is 4.90 Å². The summed E-state index contributed by atoms with van der Waals surface area (Å²) in [5.41, 5.74) is -0.741. The SMILES string of the molecule is CC(Sc1nnc(N2CCOCC2)n1CC(F)(F)F)C(=O)Nc1ccc(C(F)(F)F)cc1. The maximum absolute atomic E-state index is 13.2. The lowest BCUT2D eigenvalue weighted by molar-refractivity contribution is -0.141. The first-order valence-corrected chi connectivity index (χ1v) is 10.3. The molecule has 1 saturated heterocycles. The Balaban J connectivity index is 1.72. The number of morpholine rings is 1. The standard InChI is InChI=1S/C18H19F6N5O2S/c1-11(14(30)25-13-4-2-12(3-5-13)18(22,23)24)32-16-27-26-15(28-6-8-31-9-7-28)29(16)10-17(19,20)21/h2-5,11H,6-10H2,1H3,(H,25,30). The third kappa shape index (κ3) is 6.28. The number of rotatable bonds is 6. The van der Waals surface area contributed by atoms with E-state index in [2.05, 4.69) is 15.5 Å². The fourth-order valence-electron chi connectivity index (χ4n) is 2.88. The lowest BCUT2D eigenvalue weighted by atomic mass is 10.2. The van der Waals surface area contributed by atoms with Crippen LogP contribution in [0, 0.1) is 0 Å². The van der Waals surface area contributed by atoms with Gasteiger partial charge in [-0.2, -0.15) is 26.3 Å². The molecule has 3 rings (SSSR count). The van der Waals surface area contributed by atoms with Crippen molar-refractivity contribution in [1.29, 1.82) is 0 Å². The molecule has 1 atom stereocenters. The van der Waals surface area contributed by atoms with Crippen molar-refractivity contribution in [3.8, 4) is 0 Å². The molecule has 0 saturated carbocycles. The molecule has 1 aliphatic heterocycles. The second-order valence-electron chi connectivity index (χ2n) is 6.91. The maximum atomic E-state index is 13.2. The van der Waals surface area contributed by atoms with Crippen molar-refractivity contribution in [3.05, 3.63) is 29.8 Å². The number of alkyl halides is 6. The van der Waals surface area contributed by atoms with Gasteiger partial charge in [-0.25, -0.2) is 0 Å². The molecule has 7 nitrogen and oxygen atoms in total. The lowest BCUT2D eigenvalue weighted by Crippen LogP contribution is -2.38. The molecule has 0 aliphatic carbocycles. The van der Waals surface area contributed by atoms with E-state index in [4.69, 9.17) is 4.74 Å². The normalized spacial score (nSPS) is 16.2. The molecule has 14 heteroatoms. The summed E-state index contributed by atoms with van der Waals surface area (Å²) in [4.78, 5) is 14.1. The van der Waals surface area contributed by atoms with Crippen LogP contribution in [0.2, 0.25) is 0 Å². The first-order valence-electron chi connectivity index (χ1n) is 9.41. The zero-order valence-corrected chi connectivity index (χ0v) is 17.5. The number of hydrogen-bond acceptors (Lipinski definition) is 6. The predicted octanol–water partition coefficient (Wildman–Crippen LogP) is 3.82. The molecular formula is C18H19F6N5O2S. The number of thioether (sulfide) groups is 1. The largest absolute Gasteiger partial charge is 0.416 e. The zero-order chi connectivity index (χ0) is 23.5. The highest BCUT2D eigenvalue weighted by molar-refractivity contribution is 8.00. The highest BCUT2D eigenvalue weighted by Gasteiger charge is 2.34. The van der Waals surface area contributed by atoms with Gasteiger partial charge < -0.3 is 15.0 Å². The van der Waals surface area contributed by atoms with Crippen molar-refractivity contribution < 1.29 is 35.9 Å². The minimum Gasteiger partial charge on any atom is -0.378 e.